The number of anilines is 1. The van der Waals surface area contributed by atoms with Gasteiger partial charge in [0.2, 0.25) is 5.91 Å². The van der Waals surface area contributed by atoms with Gasteiger partial charge in [0.1, 0.15) is 28.3 Å². The number of hydrogen-bond donors (Lipinski definition) is 1. The lowest BCUT2D eigenvalue weighted by atomic mass is 9.96. The molecular weight excluding hydrogens is 392 g/mol. The molecule has 3 heterocycles. The average molecular weight is 413 g/mol. The average Bonchev–Trinajstić information content (AvgIpc) is 3.15. The molecule has 0 spiro atoms. The number of nitriles is 1. The van der Waals surface area contributed by atoms with E-state index in [0.29, 0.717) is 26.6 Å². The van der Waals surface area contributed by atoms with Crippen molar-refractivity contribution in [3.05, 3.63) is 42.6 Å². The normalized spacial score (nSPS) is 13.4. The van der Waals surface area contributed by atoms with Crippen LogP contribution >= 0.6 is 22.7 Å². The van der Waals surface area contributed by atoms with Gasteiger partial charge < -0.3 is 5.32 Å². The summed E-state index contributed by atoms with van der Waals surface area (Å²) in [6.45, 7) is 5.50. The SMILES string of the molecule is Cc1sc2nc(C)n(CC(=O)Nc3sc4c(c3C#N)CCCC4)c(=O)c2c1C. The van der Waals surface area contributed by atoms with Crippen molar-refractivity contribution in [3.8, 4) is 6.07 Å². The topological polar surface area (TPSA) is 87.8 Å². The third-order valence-corrected chi connectivity index (χ3v) is 7.63. The van der Waals surface area contributed by atoms with E-state index in [1.54, 1.807) is 6.92 Å². The second-order valence-corrected chi connectivity index (χ2v) is 9.40. The standard InChI is InChI=1S/C20H20N4O2S2/c1-10-11(2)27-19-17(10)20(26)24(12(3)22-19)9-16(25)23-18-14(8-21)13-6-4-5-7-15(13)28-18/h4-7,9H2,1-3H3,(H,23,25). The summed E-state index contributed by atoms with van der Waals surface area (Å²) < 4.78 is 1.41. The minimum atomic E-state index is -0.314. The summed E-state index contributed by atoms with van der Waals surface area (Å²) >= 11 is 2.98. The molecule has 3 aromatic heterocycles. The summed E-state index contributed by atoms with van der Waals surface area (Å²) in [5, 5.41) is 13.6. The third kappa shape index (κ3) is 3.05. The summed E-state index contributed by atoms with van der Waals surface area (Å²) in [6, 6.07) is 2.25. The Hall–Kier alpha value is -2.50. The van der Waals surface area contributed by atoms with Crippen LogP contribution in [-0.4, -0.2) is 15.5 Å². The fourth-order valence-electron chi connectivity index (χ4n) is 3.70. The Labute approximate surface area is 170 Å². The molecule has 6 nitrogen and oxygen atoms in total. The zero-order valence-corrected chi connectivity index (χ0v) is 17.6. The fraction of sp³-hybridized carbons (Fsp3) is 0.400. The van der Waals surface area contributed by atoms with E-state index >= 15 is 0 Å². The number of thiophene rings is 2. The highest BCUT2D eigenvalue weighted by atomic mass is 32.1. The Morgan fingerprint density at radius 1 is 1.25 bits per heavy atom. The Balaban J connectivity index is 1.65. The maximum Gasteiger partial charge on any atom is 0.263 e. The van der Waals surface area contributed by atoms with Crippen LogP contribution in [0.1, 0.15) is 45.1 Å². The van der Waals surface area contributed by atoms with Crippen LogP contribution < -0.4 is 10.9 Å². The number of nitrogens with zero attached hydrogens (tertiary/aromatic N) is 3. The van der Waals surface area contributed by atoms with Crippen molar-refractivity contribution in [1.29, 1.82) is 5.26 Å². The monoisotopic (exact) mass is 412 g/mol. The molecule has 4 rings (SSSR count). The van der Waals surface area contributed by atoms with Crippen molar-refractivity contribution >= 4 is 43.8 Å². The number of amides is 1. The van der Waals surface area contributed by atoms with E-state index in [0.717, 1.165) is 41.7 Å². The van der Waals surface area contributed by atoms with E-state index in [4.69, 9.17) is 0 Å². The number of carbonyl (C=O) groups is 1. The molecule has 0 atom stereocenters. The molecule has 0 saturated carbocycles. The fourth-order valence-corrected chi connectivity index (χ4v) is 6.02. The molecule has 0 fully saturated rings. The number of aryl methyl sites for hydroxylation is 4. The maximum absolute atomic E-state index is 13.0. The first kappa shape index (κ1) is 18.8. The first-order valence-electron chi connectivity index (χ1n) is 9.22. The highest BCUT2D eigenvalue weighted by Crippen LogP contribution is 2.37. The summed E-state index contributed by atoms with van der Waals surface area (Å²) in [4.78, 5) is 33.1. The molecule has 0 aromatic carbocycles. The molecule has 144 valence electrons. The van der Waals surface area contributed by atoms with Gasteiger partial charge in [-0.15, -0.1) is 22.7 Å². The van der Waals surface area contributed by atoms with Crippen LogP contribution in [0.15, 0.2) is 4.79 Å². The number of carbonyl (C=O) groups excluding carboxylic acids is 1. The zero-order valence-electron chi connectivity index (χ0n) is 16.0. The molecule has 0 aliphatic heterocycles. The van der Waals surface area contributed by atoms with Crippen molar-refractivity contribution < 1.29 is 4.79 Å². The van der Waals surface area contributed by atoms with Gasteiger partial charge in [-0.25, -0.2) is 4.98 Å². The van der Waals surface area contributed by atoms with Gasteiger partial charge in [0.05, 0.1) is 10.9 Å². The van der Waals surface area contributed by atoms with Crippen molar-refractivity contribution in [2.75, 3.05) is 5.32 Å². The predicted molar refractivity (Wildman–Crippen MR) is 112 cm³/mol. The lowest BCUT2D eigenvalue weighted by Crippen LogP contribution is -2.30. The van der Waals surface area contributed by atoms with Gasteiger partial charge in [0.15, 0.2) is 0 Å². The van der Waals surface area contributed by atoms with E-state index in [1.807, 2.05) is 13.8 Å². The largest absolute Gasteiger partial charge is 0.315 e. The summed E-state index contributed by atoms with van der Waals surface area (Å²) in [5.41, 5.74) is 2.39. The first-order chi connectivity index (χ1) is 13.4. The molecule has 28 heavy (non-hydrogen) atoms. The minimum absolute atomic E-state index is 0.116. The van der Waals surface area contributed by atoms with Crippen LogP contribution in [0.25, 0.3) is 10.2 Å². The Morgan fingerprint density at radius 2 is 2.00 bits per heavy atom. The lowest BCUT2D eigenvalue weighted by Gasteiger charge is -2.10. The van der Waals surface area contributed by atoms with Gasteiger partial charge in [0, 0.05) is 9.75 Å². The highest BCUT2D eigenvalue weighted by molar-refractivity contribution is 7.18. The number of fused-ring (bicyclic) bond motifs is 2. The van der Waals surface area contributed by atoms with Crippen LogP contribution in [-0.2, 0) is 24.2 Å². The molecule has 8 heteroatoms. The van der Waals surface area contributed by atoms with Gasteiger partial charge in [-0.2, -0.15) is 5.26 Å². The summed E-state index contributed by atoms with van der Waals surface area (Å²) in [5.74, 6) is 0.200. The molecule has 0 bridgehead atoms. The molecule has 3 aromatic rings. The highest BCUT2D eigenvalue weighted by Gasteiger charge is 2.22. The van der Waals surface area contributed by atoms with E-state index in [-0.39, 0.29) is 18.0 Å². The van der Waals surface area contributed by atoms with Gasteiger partial charge in [-0.3, -0.25) is 14.2 Å². The molecule has 1 amide bonds. The van der Waals surface area contributed by atoms with Crippen LogP contribution in [0.3, 0.4) is 0 Å². The van der Waals surface area contributed by atoms with Crippen molar-refractivity contribution in [2.24, 2.45) is 0 Å². The van der Waals surface area contributed by atoms with Crippen molar-refractivity contribution in [3.63, 3.8) is 0 Å². The van der Waals surface area contributed by atoms with E-state index in [2.05, 4.69) is 16.4 Å². The number of nitrogens with one attached hydrogen (secondary N) is 1. The maximum atomic E-state index is 13.0. The van der Waals surface area contributed by atoms with Crippen molar-refractivity contribution in [1.82, 2.24) is 9.55 Å². The second-order valence-electron chi connectivity index (χ2n) is 7.09. The van der Waals surface area contributed by atoms with Gasteiger partial charge in [0.25, 0.3) is 5.56 Å². The number of rotatable bonds is 3. The van der Waals surface area contributed by atoms with Crippen LogP contribution in [0.4, 0.5) is 5.00 Å². The molecule has 1 aliphatic rings. The number of hydrogen-bond acceptors (Lipinski definition) is 6. The van der Waals surface area contributed by atoms with Crippen molar-refractivity contribution in [2.45, 2.75) is 53.0 Å². The molecule has 1 N–H and O–H groups in total. The van der Waals surface area contributed by atoms with Gasteiger partial charge >= 0.3 is 0 Å². The smallest absolute Gasteiger partial charge is 0.263 e. The van der Waals surface area contributed by atoms with E-state index in [9.17, 15) is 14.9 Å². The predicted octanol–water partition coefficient (Wildman–Crippen LogP) is 3.83. The lowest BCUT2D eigenvalue weighted by molar-refractivity contribution is -0.116. The molecule has 0 saturated heterocycles. The van der Waals surface area contributed by atoms with E-state index in [1.165, 1.54) is 32.1 Å². The van der Waals surface area contributed by atoms with Crippen LogP contribution in [0.5, 0.6) is 0 Å². The molecule has 0 unspecified atom stereocenters. The van der Waals surface area contributed by atoms with E-state index < -0.39 is 0 Å². The summed E-state index contributed by atoms with van der Waals surface area (Å²) in [6.07, 6.45) is 4.04. The zero-order chi connectivity index (χ0) is 20.0. The van der Waals surface area contributed by atoms with Crippen LogP contribution in [0, 0.1) is 32.1 Å². The quantitative estimate of drug-likeness (QED) is 0.708. The Bertz CT molecular complexity index is 1210. The van der Waals surface area contributed by atoms with Gasteiger partial charge in [-0.05, 0) is 57.6 Å². The first-order valence-corrected chi connectivity index (χ1v) is 10.9. The van der Waals surface area contributed by atoms with Gasteiger partial charge in [-0.1, -0.05) is 0 Å². The third-order valence-electron chi connectivity index (χ3n) is 5.32. The second kappa shape index (κ2) is 7.15. The Kier molecular flexibility index (Phi) is 4.81. The Morgan fingerprint density at radius 3 is 2.75 bits per heavy atom. The summed E-state index contributed by atoms with van der Waals surface area (Å²) in [7, 11) is 0. The molecule has 1 aliphatic carbocycles. The minimum Gasteiger partial charge on any atom is -0.315 e. The van der Waals surface area contributed by atoms with Crippen LogP contribution in [0.2, 0.25) is 0 Å². The molecule has 0 radical (unpaired) electrons. The molecular formula is C20H20N4O2S2. The number of aromatic nitrogens is 2.